The molecule has 4 nitrogen and oxygen atoms in total. The molecular weight excluding hydrogens is 405 g/mol. The molecule has 0 spiro atoms. The van der Waals surface area contributed by atoms with E-state index in [-0.39, 0.29) is 20.9 Å². The Kier molecular flexibility index (Phi) is 7.99. The Morgan fingerprint density at radius 1 is 1.12 bits per heavy atom. The molecule has 6 heteroatoms. The average molecular weight is 425 g/mol. The Balaban J connectivity index is 1.86. The van der Waals surface area contributed by atoms with Crippen molar-refractivity contribution < 1.29 is 14.3 Å². The number of amides is 1. The van der Waals surface area contributed by atoms with E-state index in [1.165, 1.54) is 7.11 Å². The number of carbonyl (C=O) groups excluding carboxylic acids is 2. The van der Waals surface area contributed by atoms with Gasteiger partial charge >= 0.3 is 159 Å². The van der Waals surface area contributed by atoms with Gasteiger partial charge < -0.3 is 0 Å². The van der Waals surface area contributed by atoms with E-state index in [4.69, 9.17) is 16.3 Å². The Labute approximate surface area is 159 Å². The number of ether oxygens (including phenoxy) is 1. The number of nitrogens with one attached hydrogen (secondary N) is 1. The number of halogens is 1. The summed E-state index contributed by atoms with van der Waals surface area (Å²) in [5, 5.41) is 4.24. The average Bonchev–Trinajstić information content (AvgIpc) is 2.63. The maximum absolute atomic E-state index is 12.2. The van der Waals surface area contributed by atoms with E-state index >= 15 is 0 Å². The van der Waals surface area contributed by atoms with Gasteiger partial charge in [0.05, 0.1) is 0 Å². The van der Waals surface area contributed by atoms with Gasteiger partial charge in [0, 0.05) is 0 Å². The summed E-state index contributed by atoms with van der Waals surface area (Å²) in [6.45, 7) is 0. The number of benzene rings is 2. The third-order valence-corrected chi connectivity index (χ3v) is 6.37. The van der Waals surface area contributed by atoms with E-state index < -0.39 is 12.0 Å². The van der Waals surface area contributed by atoms with Crippen LogP contribution in [0.25, 0.3) is 0 Å². The second kappa shape index (κ2) is 10.2. The van der Waals surface area contributed by atoms with Gasteiger partial charge in [-0.05, 0) is 0 Å². The van der Waals surface area contributed by atoms with Crippen LogP contribution < -0.4 is 9.78 Å². The number of esters is 1. The normalized spacial score (nSPS) is 11.6. The monoisotopic (exact) mass is 425 g/mol. The molecule has 2 rings (SSSR count). The predicted molar refractivity (Wildman–Crippen MR) is 100 cm³/mol. The molecule has 0 heterocycles. The molecule has 0 unspecified atom stereocenters. The van der Waals surface area contributed by atoms with Crippen molar-refractivity contribution in [3.63, 3.8) is 0 Å². The molecule has 1 amide bonds. The van der Waals surface area contributed by atoms with E-state index in [0.29, 0.717) is 12.8 Å². The summed E-state index contributed by atoms with van der Waals surface area (Å²) in [6.07, 6.45) is 0.766. The quantitative estimate of drug-likeness (QED) is 0.523. The first-order valence-electron chi connectivity index (χ1n) is 7.88. The van der Waals surface area contributed by atoms with Crippen LogP contribution in [0.1, 0.15) is 12.0 Å². The van der Waals surface area contributed by atoms with E-state index in [1.807, 2.05) is 54.6 Å². The first kappa shape index (κ1) is 19.5. The molecule has 0 fully saturated rings. The number of hydrogen-bond donors (Lipinski definition) is 1. The van der Waals surface area contributed by atoms with Gasteiger partial charge in [-0.25, -0.2) is 0 Å². The Morgan fingerprint density at radius 3 is 2.48 bits per heavy atom. The van der Waals surface area contributed by atoms with Crippen LogP contribution in [-0.2, 0) is 20.7 Å². The summed E-state index contributed by atoms with van der Waals surface area (Å²) in [4.78, 5) is 24.1. The topological polar surface area (TPSA) is 55.4 Å². The second-order valence-corrected chi connectivity index (χ2v) is 8.15. The second-order valence-electron chi connectivity index (χ2n) is 5.36. The zero-order chi connectivity index (χ0) is 18.1. The van der Waals surface area contributed by atoms with E-state index in [1.54, 1.807) is 0 Å². The molecule has 0 aliphatic heterocycles. The van der Waals surface area contributed by atoms with Gasteiger partial charge in [0.1, 0.15) is 0 Å². The van der Waals surface area contributed by atoms with Gasteiger partial charge in [-0.1, -0.05) is 0 Å². The fourth-order valence-corrected chi connectivity index (χ4v) is 4.55. The predicted octanol–water partition coefficient (Wildman–Crippen LogP) is 2.38. The summed E-state index contributed by atoms with van der Waals surface area (Å²) in [6, 6.07) is 16.5. The van der Waals surface area contributed by atoms with Crippen LogP contribution in [-0.4, -0.2) is 40.0 Å². The van der Waals surface area contributed by atoms with Gasteiger partial charge in [-0.15, -0.1) is 0 Å². The molecule has 0 saturated heterocycles. The van der Waals surface area contributed by atoms with E-state index in [0.717, 1.165) is 20.4 Å². The zero-order valence-electron chi connectivity index (χ0n) is 13.9. The summed E-state index contributed by atoms with van der Waals surface area (Å²) in [7, 11) is 1.33. The molecule has 0 saturated carbocycles. The van der Waals surface area contributed by atoms with Gasteiger partial charge in [0.2, 0.25) is 0 Å². The van der Waals surface area contributed by atoms with Crippen molar-refractivity contribution in [1.29, 1.82) is 0 Å². The molecular formula is C19H20ClNO3Se. The molecule has 0 aliphatic rings. The van der Waals surface area contributed by atoms with Crippen LogP contribution in [0.2, 0.25) is 10.3 Å². The van der Waals surface area contributed by atoms with Crippen molar-refractivity contribution >= 4 is 42.9 Å². The van der Waals surface area contributed by atoms with Gasteiger partial charge in [-0.2, -0.15) is 0 Å². The number of rotatable bonds is 8. The minimum atomic E-state index is -0.673. The number of methoxy groups -OCH3 is 1. The van der Waals surface area contributed by atoms with Crippen molar-refractivity contribution in [2.75, 3.05) is 7.11 Å². The van der Waals surface area contributed by atoms with Crippen LogP contribution in [0.3, 0.4) is 0 Å². The molecule has 2 aromatic rings. The van der Waals surface area contributed by atoms with Crippen molar-refractivity contribution in [2.45, 2.75) is 24.2 Å². The molecule has 0 aromatic heterocycles. The molecule has 25 heavy (non-hydrogen) atoms. The summed E-state index contributed by atoms with van der Waals surface area (Å²) < 4.78 is 5.89. The number of hydrogen-bond acceptors (Lipinski definition) is 3. The van der Waals surface area contributed by atoms with E-state index in [2.05, 4.69) is 5.32 Å². The molecule has 132 valence electrons. The maximum atomic E-state index is 12.2. The molecule has 0 radical (unpaired) electrons. The van der Waals surface area contributed by atoms with Crippen LogP contribution in [0.4, 0.5) is 0 Å². The fraction of sp³-hybridized carbons (Fsp3) is 0.263. The zero-order valence-corrected chi connectivity index (χ0v) is 16.4. The standard InChI is InChI=1S/C19H20ClNO3Se/c1-24-19(23)16(13-14-7-3-2-4-8-14)21-18(22)11-12-25-17-10-6-5-9-15(17)20/h2-10,16H,11-13H2,1H3,(H,21,22)/t16-/m0/s1. The van der Waals surface area contributed by atoms with Gasteiger partial charge in [0.25, 0.3) is 0 Å². The molecule has 2 aromatic carbocycles. The third-order valence-electron chi connectivity index (χ3n) is 3.53. The molecule has 0 aliphatic carbocycles. The fourth-order valence-electron chi connectivity index (χ4n) is 2.27. The van der Waals surface area contributed by atoms with Crippen molar-refractivity contribution in [3.8, 4) is 0 Å². The van der Waals surface area contributed by atoms with Crippen LogP contribution in [0, 0.1) is 0 Å². The summed E-state index contributed by atoms with van der Waals surface area (Å²) in [5.74, 6) is -0.589. The minimum absolute atomic E-state index is 0.121. The summed E-state index contributed by atoms with van der Waals surface area (Å²) >= 11 is 6.25. The Bertz CT molecular complexity index is 709. The summed E-state index contributed by atoms with van der Waals surface area (Å²) in [5.41, 5.74) is 0.971. The molecule has 1 atom stereocenters. The van der Waals surface area contributed by atoms with Crippen molar-refractivity contribution in [3.05, 3.63) is 65.2 Å². The molecule has 0 bridgehead atoms. The van der Waals surface area contributed by atoms with Crippen LogP contribution in [0.5, 0.6) is 0 Å². The number of carbonyl (C=O) groups is 2. The Hall–Kier alpha value is -1.81. The van der Waals surface area contributed by atoms with Crippen LogP contribution in [0.15, 0.2) is 54.6 Å². The Morgan fingerprint density at radius 2 is 1.80 bits per heavy atom. The first-order valence-corrected chi connectivity index (χ1v) is 10.3. The van der Waals surface area contributed by atoms with Crippen molar-refractivity contribution in [1.82, 2.24) is 5.32 Å². The third kappa shape index (κ3) is 6.54. The van der Waals surface area contributed by atoms with Crippen molar-refractivity contribution in [2.24, 2.45) is 0 Å². The molecule has 1 N–H and O–H groups in total. The first-order chi connectivity index (χ1) is 12.1. The van der Waals surface area contributed by atoms with E-state index in [9.17, 15) is 9.59 Å². The van der Waals surface area contributed by atoms with Gasteiger partial charge in [-0.3, -0.25) is 0 Å². The SMILES string of the molecule is COC(=O)[C@H](Cc1ccccc1)NC(=O)CC[Se]c1ccccc1Cl. The van der Waals surface area contributed by atoms with Gasteiger partial charge in [0.15, 0.2) is 0 Å². The van der Waals surface area contributed by atoms with Crippen LogP contribution >= 0.6 is 11.6 Å².